The Labute approximate surface area is 109 Å². The first-order chi connectivity index (χ1) is 9.02. The van der Waals surface area contributed by atoms with Gasteiger partial charge in [0.15, 0.2) is 6.29 Å². The lowest BCUT2D eigenvalue weighted by atomic mass is 10.1. The van der Waals surface area contributed by atoms with Gasteiger partial charge in [0.2, 0.25) is 5.91 Å². The van der Waals surface area contributed by atoms with Crippen molar-refractivity contribution >= 4 is 23.6 Å². The Hall–Kier alpha value is -2.44. The van der Waals surface area contributed by atoms with Gasteiger partial charge in [-0.1, -0.05) is 0 Å². The maximum atomic E-state index is 11.6. The van der Waals surface area contributed by atoms with E-state index >= 15 is 0 Å². The third kappa shape index (κ3) is 2.54. The molecule has 1 aliphatic heterocycles. The van der Waals surface area contributed by atoms with Gasteiger partial charge in [0.25, 0.3) is 5.69 Å². The van der Waals surface area contributed by atoms with Gasteiger partial charge in [-0.3, -0.25) is 19.7 Å². The van der Waals surface area contributed by atoms with Gasteiger partial charge in [-0.15, -0.1) is 0 Å². The number of carbonyl (C=O) groups is 2. The minimum absolute atomic E-state index is 0.0403. The Morgan fingerprint density at radius 3 is 2.68 bits per heavy atom. The lowest BCUT2D eigenvalue weighted by Crippen LogP contribution is -2.48. The van der Waals surface area contributed by atoms with Gasteiger partial charge in [-0.05, 0) is 6.07 Å². The molecule has 1 aromatic rings. The summed E-state index contributed by atoms with van der Waals surface area (Å²) in [5.74, 6) is -0.0403. The van der Waals surface area contributed by atoms with Gasteiger partial charge < -0.3 is 9.80 Å². The average Bonchev–Trinajstić information content (AvgIpc) is 2.41. The van der Waals surface area contributed by atoms with E-state index in [2.05, 4.69) is 0 Å². The summed E-state index contributed by atoms with van der Waals surface area (Å²) in [5.41, 5.74) is 0.653. The number of nitro benzene ring substituents is 1. The number of hydrogen-bond acceptors (Lipinski definition) is 5. The molecule has 0 saturated carbocycles. The zero-order valence-electron chi connectivity index (χ0n) is 10.4. The maximum Gasteiger partial charge on any atom is 0.270 e. The molecular formula is C12H13N3O4. The van der Waals surface area contributed by atoms with Gasteiger partial charge >= 0.3 is 0 Å². The van der Waals surface area contributed by atoms with E-state index in [4.69, 9.17) is 0 Å². The molecule has 0 aromatic heterocycles. The van der Waals surface area contributed by atoms with Crippen molar-refractivity contribution in [3.05, 3.63) is 33.9 Å². The second-order valence-corrected chi connectivity index (χ2v) is 4.35. The number of nitro groups is 1. The Morgan fingerprint density at radius 1 is 1.37 bits per heavy atom. The first kappa shape index (κ1) is 13.0. The Morgan fingerprint density at radius 2 is 2.11 bits per heavy atom. The van der Waals surface area contributed by atoms with Gasteiger partial charge in [-0.25, -0.2) is 0 Å². The van der Waals surface area contributed by atoms with Crippen LogP contribution in [-0.4, -0.2) is 48.7 Å². The summed E-state index contributed by atoms with van der Waals surface area (Å²) in [6.07, 6.45) is 0.575. The highest BCUT2D eigenvalue weighted by Gasteiger charge is 2.23. The quantitative estimate of drug-likeness (QED) is 0.455. The van der Waals surface area contributed by atoms with E-state index in [1.165, 1.54) is 18.2 Å². The molecule has 0 atom stereocenters. The zero-order chi connectivity index (χ0) is 14.0. The zero-order valence-corrected chi connectivity index (χ0v) is 10.4. The number of hydrogen-bond donors (Lipinski definition) is 0. The summed E-state index contributed by atoms with van der Waals surface area (Å²) in [6.45, 7) is 1.34. The maximum absolute atomic E-state index is 11.6. The van der Waals surface area contributed by atoms with Crippen LogP contribution in [0.5, 0.6) is 0 Å². The molecular weight excluding hydrogens is 250 g/mol. The van der Waals surface area contributed by atoms with Gasteiger partial charge in [0.05, 0.1) is 11.5 Å². The topological polar surface area (TPSA) is 83.8 Å². The van der Waals surface area contributed by atoms with Crippen LogP contribution in [0.2, 0.25) is 0 Å². The predicted octanol–water partition coefficient (Wildman–Crippen LogP) is 0.686. The second kappa shape index (κ2) is 5.05. The standard InChI is InChI=1S/C12H13N3O4/c1-13-4-5-14(7-12(13)17)11-3-2-10(15(18)19)6-9(11)8-16/h2-3,6,8H,4-5,7H2,1H3. The highest BCUT2D eigenvalue weighted by Crippen LogP contribution is 2.25. The van der Waals surface area contributed by atoms with E-state index in [1.807, 2.05) is 0 Å². The van der Waals surface area contributed by atoms with Crippen LogP contribution in [0.1, 0.15) is 10.4 Å². The number of likely N-dealkylation sites (N-methyl/N-ethyl adjacent to an activating group) is 1. The van der Waals surface area contributed by atoms with Crippen molar-refractivity contribution in [1.82, 2.24) is 4.90 Å². The monoisotopic (exact) mass is 263 g/mol. The van der Waals surface area contributed by atoms with Crippen molar-refractivity contribution in [3.8, 4) is 0 Å². The molecule has 0 aliphatic carbocycles. The van der Waals surface area contributed by atoms with Crippen LogP contribution in [0.4, 0.5) is 11.4 Å². The SMILES string of the molecule is CN1CCN(c2ccc([N+](=O)[O-])cc2C=O)CC1=O. The number of amides is 1. The normalized spacial score (nSPS) is 15.5. The molecule has 1 saturated heterocycles. The molecule has 0 spiro atoms. The van der Waals surface area contributed by atoms with Gasteiger partial charge in [0, 0.05) is 43.5 Å². The Kier molecular flexibility index (Phi) is 3.46. The molecule has 1 aliphatic rings. The van der Waals surface area contributed by atoms with Crippen LogP contribution in [0, 0.1) is 10.1 Å². The lowest BCUT2D eigenvalue weighted by molar-refractivity contribution is -0.384. The van der Waals surface area contributed by atoms with Crippen LogP contribution >= 0.6 is 0 Å². The van der Waals surface area contributed by atoms with E-state index in [0.717, 1.165) is 0 Å². The molecule has 1 fully saturated rings. The first-order valence-corrected chi connectivity index (χ1v) is 5.75. The number of piperazine rings is 1. The number of aldehydes is 1. The predicted molar refractivity (Wildman–Crippen MR) is 68.3 cm³/mol. The van der Waals surface area contributed by atoms with Crippen LogP contribution in [-0.2, 0) is 4.79 Å². The summed E-state index contributed by atoms with van der Waals surface area (Å²) >= 11 is 0. The fraction of sp³-hybridized carbons (Fsp3) is 0.333. The molecule has 1 amide bonds. The van der Waals surface area contributed by atoms with E-state index < -0.39 is 4.92 Å². The second-order valence-electron chi connectivity index (χ2n) is 4.35. The fourth-order valence-corrected chi connectivity index (χ4v) is 2.00. The molecule has 1 aromatic carbocycles. The van der Waals surface area contributed by atoms with Crippen molar-refractivity contribution in [2.75, 3.05) is 31.6 Å². The lowest BCUT2D eigenvalue weighted by Gasteiger charge is -2.34. The minimum atomic E-state index is -0.550. The van der Waals surface area contributed by atoms with Gasteiger partial charge in [0.1, 0.15) is 0 Å². The minimum Gasteiger partial charge on any atom is -0.360 e. The fourth-order valence-electron chi connectivity index (χ4n) is 2.00. The van der Waals surface area contributed by atoms with Crippen LogP contribution in [0.15, 0.2) is 18.2 Å². The highest BCUT2D eigenvalue weighted by atomic mass is 16.6. The Bertz CT molecular complexity index is 544. The van der Waals surface area contributed by atoms with Crippen LogP contribution < -0.4 is 4.90 Å². The van der Waals surface area contributed by atoms with E-state index in [1.54, 1.807) is 16.8 Å². The van der Waals surface area contributed by atoms with E-state index in [-0.39, 0.29) is 23.7 Å². The first-order valence-electron chi connectivity index (χ1n) is 5.75. The van der Waals surface area contributed by atoms with E-state index in [9.17, 15) is 19.7 Å². The highest BCUT2D eigenvalue weighted by molar-refractivity contribution is 5.89. The summed E-state index contributed by atoms with van der Waals surface area (Å²) in [4.78, 5) is 36.2. The molecule has 7 nitrogen and oxygen atoms in total. The third-order valence-corrected chi connectivity index (χ3v) is 3.15. The third-order valence-electron chi connectivity index (χ3n) is 3.15. The number of anilines is 1. The average molecular weight is 263 g/mol. The molecule has 0 radical (unpaired) electrons. The smallest absolute Gasteiger partial charge is 0.270 e. The van der Waals surface area contributed by atoms with Crippen LogP contribution in [0.25, 0.3) is 0 Å². The summed E-state index contributed by atoms with van der Waals surface area (Å²) in [6, 6.07) is 4.08. The molecule has 100 valence electrons. The van der Waals surface area contributed by atoms with Crippen molar-refractivity contribution in [3.63, 3.8) is 0 Å². The van der Waals surface area contributed by atoms with Gasteiger partial charge in [-0.2, -0.15) is 0 Å². The van der Waals surface area contributed by atoms with E-state index in [0.29, 0.717) is 25.1 Å². The largest absolute Gasteiger partial charge is 0.360 e. The molecule has 7 heteroatoms. The number of non-ortho nitro benzene ring substituents is 1. The van der Waals surface area contributed by atoms with Crippen molar-refractivity contribution in [2.45, 2.75) is 0 Å². The molecule has 1 heterocycles. The Balaban J connectivity index is 2.32. The summed E-state index contributed by atoms with van der Waals surface area (Å²) in [7, 11) is 1.72. The molecule has 0 unspecified atom stereocenters. The number of rotatable bonds is 3. The number of benzene rings is 1. The van der Waals surface area contributed by atoms with Crippen molar-refractivity contribution in [1.29, 1.82) is 0 Å². The molecule has 19 heavy (non-hydrogen) atoms. The molecule has 0 bridgehead atoms. The molecule has 0 N–H and O–H groups in total. The summed E-state index contributed by atoms with van der Waals surface area (Å²) in [5, 5.41) is 10.7. The van der Waals surface area contributed by atoms with Crippen molar-refractivity contribution < 1.29 is 14.5 Å². The molecule has 2 rings (SSSR count). The summed E-state index contributed by atoms with van der Waals surface area (Å²) < 4.78 is 0. The number of carbonyl (C=O) groups excluding carboxylic acids is 2. The van der Waals surface area contributed by atoms with Crippen molar-refractivity contribution in [2.24, 2.45) is 0 Å². The number of nitrogens with zero attached hydrogens (tertiary/aromatic N) is 3. The van der Waals surface area contributed by atoms with Crippen LogP contribution in [0.3, 0.4) is 0 Å².